The van der Waals surface area contributed by atoms with Crippen LogP contribution in [0, 0.1) is 5.92 Å². The topological polar surface area (TPSA) is 78.9 Å². The summed E-state index contributed by atoms with van der Waals surface area (Å²) in [5, 5.41) is 11.4. The van der Waals surface area contributed by atoms with E-state index in [1.807, 2.05) is 35.2 Å². The lowest BCUT2D eigenvalue weighted by Crippen LogP contribution is -2.51. The van der Waals surface area contributed by atoms with Crippen molar-refractivity contribution < 1.29 is 19.4 Å². The quantitative estimate of drug-likeness (QED) is 0.686. The highest BCUT2D eigenvalue weighted by atomic mass is 16.5. The van der Waals surface area contributed by atoms with Crippen LogP contribution in [0.1, 0.15) is 6.42 Å². The molecular weight excluding hydrogens is 272 g/mol. The van der Waals surface area contributed by atoms with Crippen LogP contribution in [-0.2, 0) is 9.59 Å². The zero-order valence-corrected chi connectivity index (χ0v) is 11.8. The van der Waals surface area contributed by atoms with E-state index in [4.69, 9.17) is 9.84 Å². The number of benzene rings is 1. The van der Waals surface area contributed by atoms with Crippen LogP contribution in [0.3, 0.4) is 0 Å². The molecule has 1 aromatic rings. The number of para-hydroxylation sites is 1. The molecule has 0 aromatic heterocycles. The molecule has 1 heterocycles. The highest BCUT2D eigenvalue weighted by Crippen LogP contribution is 2.18. The second-order valence-corrected chi connectivity index (χ2v) is 5.17. The molecule has 0 atom stereocenters. The fourth-order valence-electron chi connectivity index (χ4n) is 2.32. The molecule has 114 valence electrons. The van der Waals surface area contributed by atoms with Crippen LogP contribution >= 0.6 is 0 Å². The first-order valence-corrected chi connectivity index (χ1v) is 7.02. The van der Waals surface area contributed by atoms with Crippen molar-refractivity contribution in [2.45, 2.75) is 6.42 Å². The summed E-state index contributed by atoms with van der Waals surface area (Å²) in [7, 11) is 0. The van der Waals surface area contributed by atoms with Crippen LogP contribution < -0.4 is 10.1 Å². The number of carbonyl (C=O) groups is 2. The summed E-state index contributed by atoms with van der Waals surface area (Å²) in [5.74, 6) is 0.130. The summed E-state index contributed by atoms with van der Waals surface area (Å²) >= 11 is 0. The normalized spacial score (nSPS) is 15.2. The maximum atomic E-state index is 11.7. The van der Waals surface area contributed by atoms with Gasteiger partial charge in [-0.05, 0) is 18.1 Å². The van der Waals surface area contributed by atoms with Crippen molar-refractivity contribution in [3.05, 3.63) is 30.3 Å². The van der Waals surface area contributed by atoms with E-state index in [9.17, 15) is 9.59 Å². The fraction of sp³-hybridized carbons (Fsp3) is 0.467. The molecule has 1 aromatic carbocycles. The second kappa shape index (κ2) is 7.64. The third-order valence-corrected chi connectivity index (χ3v) is 3.30. The summed E-state index contributed by atoms with van der Waals surface area (Å²) in [6, 6.07) is 9.44. The Hall–Kier alpha value is -2.08. The number of ether oxygens (including phenoxy) is 1. The second-order valence-electron chi connectivity index (χ2n) is 5.17. The standard InChI is InChI=1S/C15H20N2O4/c18-14(11-17-9-12(10-17)8-15(19)20)16-6-7-21-13-4-2-1-3-5-13/h1-5,12H,6-11H2,(H,16,18)(H,19,20). The number of nitrogens with one attached hydrogen (secondary N) is 1. The number of carbonyl (C=O) groups excluding carboxylic acids is 1. The minimum Gasteiger partial charge on any atom is -0.492 e. The van der Waals surface area contributed by atoms with Crippen LogP contribution in [0.15, 0.2) is 30.3 Å². The van der Waals surface area contributed by atoms with Gasteiger partial charge in [0.05, 0.1) is 19.5 Å². The van der Waals surface area contributed by atoms with E-state index in [-0.39, 0.29) is 18.2 Å². The molecule has 0 spiro atoms. The first-order valence-electron chi connectivity index (χ1n) is 7.02. The van der Waals surface area contributed by atoms with Crippen molar-refractivity contribution in [3.8, 4) is 5.75 Å². The lowest BCUT2D eigenvalue weighted by molar-refractivity contribution is -0.139. The fourth-order valence-corrected chi connectivity index (χ4v) is 2.32. The molecule has 1 aliphatic heterocycles. The number of aliphatic carboxylic acids is 1. The van der Waals surface area contributed by atoms with E-state index in [1.54, 1.807) is 0 Å². The first kappa shape index (κ1) is 15.3. The number of likely N-dealkylation sites (tertiary alicyclic amines) is 1. The average molecular weight is 292 g/mol. The van der Waals surface area contributed by atoms with Gasteiger partial charge in [0.2, 0.25) is 5.91 Å². The number of rotatable bonds is 8. The lowest BCUT2D eigenvalue weighted by atomic mass is 9.96. The molecule has 1 saturated heterocycles. The molecule has 1 fully saturated rings. The minimum absolute atomic E-state index is 0.0552. The Kier molecular flexibility index (Phi) is 5.57. The van der Waals surface area contributed by atoms with E-state index < -0.39 is 5.97 Å². The molecule has 6 nitrogen and oxygen atoms in total. The molecule has 6 heteroatoms. The van der Waals surface area contributed by atoms with E-state index in [2.05, 4.69) is 5.32 Å². The Balaban J connectivity index is 1.52. The average Bonchev–Trinajstić information content (AvgIpc) is 2.42. The van der Waals surface area contributed by atoms with Crippen LogP contribution in [0.2, 0.25) is 0 Å². The summed E-state index contributed by atoms with van der Waals surface area (Å²) in [4.78, 5) is 24.1. The molecule has 2 N–H and O–H groups in total. The first-order chi connectivity index (χ1) is 10.1. The van der Waals surface area contributed by atoms with Crippen LogP contribution in [0.4, 0.5) is 0 Å². The van der Waals surface area contributed by atoms with E-state index in [1.165, 1.54) is 0 Å². The van der Waals surface area contributed by atoms with Gasteiger partial charge in [-0.3, -0.25) is 14.5 Å². The van der Waals surface area contributed by atoms with Crippen LogP contribution in [0.5, 0.6) is 5.75 Å². The molecule has 2 rings (SSSR count). The lowest BCUT2D eigenvalue weighted by Gasteiger charge is -2.37. The van der Waals surface area contributed by atoms with Crippen molar-refractivity contribution in [1.29, 1.82) is 0 Å². The zero-order chi connectivity index (χ0) is 15.1. The molecule has 21 heavy (non-hydrogen) atoms. The predicted octanol–water partition coefficient (Wildman–Crippen LogP) is 0.588. The monoisotopic (exact) mass is 292 g/mol. The Bertz CT molecular complexity index is 472. The van der Waals surface area contributed by atoms with Crippen LogP contribution in [-0.4, -0.2) is 54.7 Å². The molecule has 0 unspecified atom stereocenters. The van der Waals surface area contributed by atoms with Gasteiger partial charge in [0, 0.05) is 13.1 Å². The van der Waals surface area contributed by atoms with Gasteiger partial charge in [0.1, 0.15) is 12.4 Å². The molecule has 0 radical (unpaired) electrons. The molecule has 0 saturated carbocycles. The van der Waals surface area contributed by atoms with Gasteiger partial charge in [0.15, 0.2) is 0 Å². The number of nitrogens with zero attached hydrogens (tertiary/aromatic N) is 1. The SMILES string of the molecule is O=C(O)CC1CN(CC(=O)NCCOc2ccccc2)C1. The van der Waals surface area contributed by atoms with Gasteiger partial charge in [-0.15, -0.1) is 0 Å². The van der Waals surface area contributed by atoms with Gasteiger partial charge >= 0.3 is 5.97 Å². The Morgan fingerprint density at radius 1 is 1.29 bits per heavy atom. The predicted molar refractivity (Wildman–Crippen MR) is 77.1 cm³/mol. The summed E-state index contributed by atoms with van der Waals surface area (Å²) in [5.41, 5.74) is 0. The highest BCUT2D eigenvalue weighted by Gasteiger charge is 2.29. The largest absolute Gasteiger partial charge is 0.492 e. The Morgan fingerprint density at radius 3 is 2.67 bits per heavy atom. The van der Waals surface area contributed by atoms with E-state index in [0.717, 1.165) is 5.75 Å². The van der Waals surface area contributed by atoms with Gasteiger partial charge in [0.25, 0.3) is 0 Å². The molecule has 0 aliphatic carbocycles. The minimum atomic E-state index is -0.776. The maximum Gasteiger partial charge on any atom is 0.303 e. The van der Waals surface area contributed by atoms with Gasteiger partial charge in [-0.25, -0.2) is 0 Å². The summed E-state index contributed by atoms with van der Waals surface area (Å²) < 4.78 is 5.47. The van der Waals surface area contributed by atoms with Crippen LogP contribution in [0.25, 0.3) is 0 Å². The summed E-state index contributed by atoms with van der Waals surface area (Å²) in [6.07, 6.45) is 0.184. The zero-order valence-electron chi connectivity index (χ0n) is 11.8. The molecule has 1 aliphatic rings. The molecule has 0 bridgehead atoms. The van der Waals surface area contributed by atoms with Crippen molar-refractivity contribution in [3.63, 3.8) is 0 Å². The van der Waals surface area contributed by atoms with E-state index >= 15 is 0 Å². The Morgan fingerprint density at radius 2 is 2.00 bits per heavy atom. The van der Waals surface area contributed by atoms with Gasteiger partial charge < -0.3 is 15.2 Å². The van der Waals surface area contributed by atoms with Crippen molar-refractivity contribution in [2.75, 3.05) is 32.8 Å². The smallest absolute Gasteiger partial charge is 0.303 e. The van der Waals surface area contributed by atoms with Crippen molar-refractivity contribution in [2.24, 2.45) is 5.92 Å². The Labute approximate surface area is 123 Å². The molecule has 1 amide bonds. The number of hydrogen-bond acceptors (Lipinski definition) is 4. The third-order valence-electron chi connectivity index (χ3n) is 3.30. The third kappa shape index (κ3) is 5.43. The summed E-state index contributed by atoms with van der Waals surface area (Å²) in [6.45, 7) is 2.57. The van der Waals surface area contributed by atoms with Crippen molar-refractivity contribution >= 4 is 11.9 Å². The van der Waals surface area contributed by atoms with E-state index in [0.29, 0.717) is 32.8 Å². The highest BCUT2D eigenvalue weighted by molar-refractivity contribution is 5.78. The number of carboxylic acids is 1. The number of amides is 1. The van der Waals surface area contributed by atoms with Gasteiger partial charge in [-0.2, -0.15) is 0 Å². The number of carboxylic acid groups (broad SMARTS) is 1. The number of hydrogen-bond donors (Lipinski definition) is 2. The molecular formula is C15H20N2O4. The van der Waals surface area contributed by atoms with Gasteiger partial charge in [-0.1, -0.05) is 18.2 Å². The maximum absolute atomic E-state index is 11.7. The van der Waals surface area contributed by atoms with Crippen molar-refractivity contribution in [1.82, 2.24) is 10.2 Å².